The van der Waals surface area contributed by atoms with E-state index in [1.54, 1.807) is 20.8 Å². The highest BCUT2D eigenvalue weighted by Gasteiger charge is 2.18. The van der Waals surface area contributed by atoms with E-state index in [1.807, 2.05) is 0 Å². The zero-order valence-corrected chi connectivity index (χ0v) is 17.6. The van der Waals surface area contributed by atoms with Crippen molar-refractivity contribution in [2.75, 3.05) is 27.2 Å². The van der Waals surface area contributed by atoms with Gasteiger partial charge in [-0.15, -0.1) is 0 Å². The molecule has 1 amide bonds. The second kappa shape index (κ2) is 14.0. The van der Waals surface area contributed by atoms with E-state index >= 15 is 0 Å². The summed E-state index contributed by atoms with van der Waals surface area (Å²) < 4.78 is 5.15. The van der Waals surface area contributed by atoms with Crippen LogP contribution in [0, 0.1) is 0 Å². The molecule has 0 aliphatic carbocycles. The molecular formula is C20H40N2O4. The van der Waals surface area contributed by atoms with Crippen molar-refractivity contribution in [3.63, 3.8) is 0 Å². The largest absolute Gasteiger partial charge is 0.460 e. The maximum Gasteiger partial charge on any atom is 0.308 e. The Morgan fingerprint density at radius 3 is 1.81 bits per heavy atom. The SMILES string of the molecule is CN(C)CCCCCCCCCCC(=O)N(O)CCC(=O)OC(C)(C)C. The predicted molar refractivity (Wildman–Crippen MR) is 104 cm³/mol. The summed E-state index contributed by atoms with van der Waals surface area (Å²) in [4.78, 5) is 25.6. The molecule has 0 aromatic rings. The third-order valence-electron chi connectivity index (χ3n) is 3.98. The number of hydroxylamine groups is 2. The van der Waals surface area contributed by atoms with Gasteiger partial charge in [-0.3, -0.25) is 14.8 Å². The van der Waals surface area contributed by atoms with Crippen LogP contribution in [-0.2, 0) is 14.3 Å². The molecule has 0 heterocycles. The Morgan fingerprint density at radius 1 is 0.808 bits per heavy atom. The van der Waals surface area contributed by atoms with E-state index in [0.29, 0.717) is 11.5 Å². The quantitative estimate of drug-likeness (QED) is 0.216. The number of esters is 1. The van der Waals surface area contributed by atoms with Crippen LogP contribution in [0.4, 0.5) is 0 Å². The molecule has 0 rings (SSSR count). The minimum Gasteiger partial charge on any atom is -0.460 e. The second-order valence-corrected chi connectivity index (χ2v) is 8.24. The maximum absolute atomic E-state index is 11.8. The molecule has 26 heavy (non-hydrogen) atoms. The first kappa shape index (κ1) is 24.9. The molecule has 0 spiro atoms. The molecule has 0 aromatic heterocycles. The lowest BCUT2D eigenvalue weighted by molar-refractivity contribution is -0.170. The molecule has 0 fully saturated rings. The fraction of sp³-hybridized carbons (Fsp3) is 0.900. The normalized spacial score (nSPS) is 11.7. The highest BCUT2D eigenvalue weighted by molar-refractivity contribution is 5.76. The van der Waals surface area contributed by atoms with Crippen molar-refractivity contribution in [3.05, 3.63) is 0 Å². The van der Waals surface area contributed by atoms with Crippen molar-refractivity contribution in [2.45, 2.75) is 90.6 Å². The summed E-state index contributed by atoms with van der Waals surface area (Å²) in [7, 11) is 4.21. The summed E-state index contributed by atoms with van der Waals surface area (Å²) in [6, 6.07) is 0. The van der Waals surface area contributed by atoms with E-state index in [0.717, 1.165) is 25.8 Å². The third kappa shape index (κ3) is 16.3. The van der Waals surface area contributed by atoms with Crippen molar-refractivity contribution in [1.82, 2.24) is 9.96 Å². The van der Waals surface area contributed by atoms with Gasteiger partial charge in [-0.25, -0.2) is 5.06 Å². The van der Waals surface area contributed by atoms with Gasteiger partial charge in [0.25, 0.3) is 0 Å². The van der Waals surface area contributed by atoms with E-state index in [-0.39, 0.29) is 18.9 Å². The maximum atomic E-state index is 11.8. The Bertz CT molecular complexity index is 392. The number of carbonyl (C=O) groups excluding carboxylic acids is 2. The summed E-state index contributed by atoms with van der Waals surface area (Å²) >= 11 is 0. The molecule has 0 saturated carbocycles. The number of nitrogens with zero attached hydrogens (tertiary/aromatic N) is 2. The molecule has 154 valence electrons. The number of ether oxygens (including phenoxy) is 1. The van der Waals surface area contributed by atoms with Crippen molar-refractivity contribution >= 4 is 11.9 Å². The van der Waals surface area contributed by atoms with Crippen LogP contribution < -0.4 is 0 Å². The predicted octanol–water partition coefficient (Wildman–Crippen LogP) is 4.01. The van der Waals surface area contributed by atoms with Gasteiger partial charge in [0.05, 0.1) is 13.0 Å². The molecule has 0 atom stereocenters. The monoisotopic (exact) mass is 372 g/mol. The lowest BCUT2D eigenvalue weighted by Crippen LogP contribution is -2.31. The van der Waals surface area contributed by atoms with Crippen molar-refractivity contribution < 1.29 is 19.5 Å². The molecule has 0 unspecified atom stereocenters. The van der Waals surface area contributed by atoms with E-state index in [1.165, 1.54) is 32.1 Å². The van der Waals surface area contributed by atoms with Gasteiger partial charge in [0, 0.05) is 6.42 Å². The van der Waals surface area contributed by atoms with Gasteiger partial charge in [0.15, 0.2) is 0 Å². The van der Waals surface area contributed by atoms with Crippen LogP contribution in [0.25, 0.3) is 0 Å². The van der Waals surface area contributed by atoms with Crippen molar-refractivity contribution in [2.24, 2.45) is 0 Å². The van der Waals surface area contributed by atoms with Crippen LogP contribution >= 0.6 is 0 Å². The van der Waals surface area contributed by atoms with Gasteiger partial charge in [-0.2, -0.15) is 0 Å². The lowest BCUT2D eigenvalue weighted by atomic mass is 10.1. The minimum absolute atomic E-state index is 0.00727. The first-order valence-electron chi connectivity index (χ1n) is 9.97. The highest BCUT2D eigenvalue weighted by Crippen LogP contribution is 2.11. The van der Waals surface area contributed by atoms with E-state index in [4.69, 9.17) is 4.74 Å². The molecule has 6 heteroatoms. The standard InChI is InChI=1S/C20H40N2O4/c1-20(2,3)26-19(24)15-17-22(25)18(23)14-12-10-8-6-7-9-11-13-16-21(4)5/h25H,6-17H2,1-5H3. The van der Waals surface area contributed by atoms with E-state index in [9.17, 15) is 14.8 Å². The van der Waals surface area contributed by atoms with Gasteiger partial charge in [0.2, 0.25) is 5.91 Å². The number of carbonyl (C=O) groups is 2. The molecule has 0 aliphatic heterocycles. The van der Waals surface area contributed by atoms with Crippen LogP contribution in [0.5, 0.6) is 0 Å². The van der Waals surface area contributed by atoms with Crippen LogP contribution in [0.2, 0.25) is 0 Å². The first-order chi connectivity index (χ1) is 12.1. The summed E-state index contributed by atoms with van der Waals surface area (Å²) in [5.74, 6) is -0.729. The fourth-order valence-electron chi connectivity index (χ4n) is 2.61. The van der Waals surface area contributed by atoms with Gasteiger partial charge in [-0.05, 0) is 54.3 Å². The minimum atomic E-state index is -0.548. The van der Waals surface area contributed by atoms with Crippen LogP contribution in [0.15, 0.2) is 0 Å². The molecule has 0 bridgehead atoms. The van der Waals surface area contributed by atoms with Crippen molar-refractivity contribution in [1.29, 1.82) is 0 Å². The zero-order valence-electron chi connectivity index (χ0n) is 17.6. The fourth-order valence-corrected chi connectivity index (χ4v) is 2.61. The lowest BCUT2D eigenvalue weighted by Gasteiger charge is -2.20. The van der Waals surface area contributed by atoms with Crippen LogP contribution in [0.1, 0.15) is 85.0 Å². The van der Waals surface area contributed by atoms with Gasteiger partial charge >= 0.3 is 5.97 Å². The first-order valence-corrected chi connectivity index (χ1v) is 9.97. The summed E-state index contributed by atoms with van der Waals surface area (Å²) in [5.41, 5.74) is -0.548. The number of amides is 1. The Morgan fingerprint density at radius 2 is 1.31 bits per heavy atom. The smallest absolute Gasteiger partial charge is 0.308 e. The highest BCUT2D eigenvalue weighted by atomic mass is 16.6. The molecule has 0 aliphatic rings. The second-order valence-electron chi connectivity index (χ2n) is 8.24. The summed E-state index contributed by atoms with van der Waals surface area (Å²) in [5, 5.41) is 10.3. The average molecular weight is 373 g/mol. The Kier molecular flexibility index (Phi) is 13.4. The van der Waals surface area contributed by atoms with Crippen molar-refractivity contribution in [3.8, 4) is 0 Å². The van der Waals surface area contributed by atoms with Gasteiger partial charge < -0.3 is 9.64 Å². The molecule has 0 aromatic carbocycles. The van der Waals surface area contributed by atoms with Crippen LogP contribution in [-0.4, -0.2) is 59.8 Å². The molecular weight excluding hydrogens is 332 g/mol. The third-order valence-corrected chi connectivity index (χ3v) is 3.98. The molecule has 0 saturated heterocycles. The molecule has 1 N–H and O–H groups in total. The molecule has 6 nitrogen and oxygen atoms in total. The van der Waals surface area contributed by atoms with Gasteiger partial charge in [-0.1, -0.05) is 38.5 Å². The van der Waals surface area contributed by atoms with Gasteiger partial charge in [0.1, 0.15) is 5.60 Å². The number of hydrogen-bond donors (Lipinski definition) is 1. The zero-order chi connectivity index (χ0) is 20.0. The Hall–Kier alpha value is -1.14. The topological polar surface area (TPSA) is 70.1 Å². The summed E-state index contributed by atoms with van der Waals surface area (Å²) in [6.07, 6.45) is 9.53. The Labute approximate surface area is 159 Å². The summed E-state index contributed by atoms with van der Waals surface area (Å²) in [6.45, 7) is 6.51. The van der Waals surface area contributed by atoms with E-state index < -0.39 is 11.6 Å². The number of rotatable bonds is 14. The van der Waals surface area contributed by atoms with Crippen LogP contribution in [0.3, 0.4) is 0 Å². The van der Waals surface area contributed by atoms with E-state index in [2.05, 4.69) is 19.0 Å². The molecule has 0 radical (unpaired) electrons. The number of unbranched alkanes of at least 4 members (excludes halogenated alkanes) is 7. The average Bonchev–Trinajstić information content (AvgIpc) is 2.52. The number of hydrogen-bond acceptors (Lipinski definition) is 5. The Balaban J connectivity index is 3.56.